The zero-order valence-corrected chi connectivity index (χ0v) is 11.5. The summed E-state index contributed by atoms with van der Waals surface area (Å²) in [6.07, 6.45) is 7.84. The molecule has 20 heavy (non-hydrogen) atoms. The highest BCUT2D eigenvalue weighted by Gasteiger charge is 2.16. The summed E-state index contributed by atoms with van der Waals surface area (Å²) in [5.74, 6) is 0. The molecule has 0 aliphatic carbocycles. The number of hydrogen-bond acceptors (Lipinski definition) is 4. The van der Waals surface area contributed by atoms with E-state index in [0.717, 1.165) is 9.54 Å². The van der Waals surface area contributed by atoms with Crippen LogP contribution in [0.25, 0.3) is 11.3 Å². The van der Waals surface area contributed by atoms with Crippen LogP contribution in [0.15, 0.2) is 60.1 Å². The highest BCUT2D eigenvalue weighted by molar-refractivity contribution is 7.90. The van der Waals surface area contributed by atoms with E-state index >= 15 is 0 Å². The van der Waals surface area contributed by atoms with E-state index in [1.165, 1.54) is 18.6 Å². The fourth-order valence-electron chi connectivity index (χ4n) is 1.86. The van der Waals surface area contributed by atoms with Crippen molar-refractivity contribution in [3.05, 3.63) is 55.2 Å². The number of hydrogen-bond donors (Lipinski definition) is 0. The minimum Gasteiger partial charge on any atom is -0.275 e. The minimum atomic E-state index is -3.56. The zero-order valence-electron chi connectivity index (χ0n) is 10.7. The van der Waals surface area contributed by atoms with Crippen molar-refractivity contribution in [2.24, 2.45) is 7.05 Å². The monoisotopic (exact) mass is 288 g/mol. The topological polar surface area (TPSA) is 69.8 Å². The molecule has 6 nitrogen and oxygen atoms in total. The van der Waals surface area contributed by atoms with Gasteiger partial charge in [-0.05, 0) is 24.3 Å². The molecule has 0 atom stereocenters. The van der Waals surface area contributed by atoms with Crippen molar-refractivity contribution >= 4 is 10.0 Å². The molecule has 0 bridgehead atoms. The normalized spacial score (nSPS) is 11.7. The summed E-state index contributed by atoms with van der Waals surface area (Å²) in [5.41, 5.74) is 1.53. The van der Waals surface area contributed by atoms with E-state index in [9.17, 15) is 8.42 Å². The average molecular weight is 288 g/mol. The average Bonchev–Trinajstić information content (AvgIpc) is 3.10. The van der Waals surface area contributed by atoms with Crippen LogP contribution in [-0.2, 0) is 17.1 Å². The second-order valence-corrected chi connectivity index (χ2v) is 6.14. The molecule has 102 valence electrons. The molecule has 0 spiro atoms. The highest BCUT2D eigenvalue weighted by Crippen LogP contribution is 2.19. The van der Waals surface area contributed by atoms with E-state index in [1.807, 2.05) is 13.2 Å². The van der Waals surface area contributed by atoms with Crippen LogP contribution >= 0.6 is 0 Å². The molecular formula is C13H12N4O2S. The van der Waals surface area contributed by atoms with E-state index in [4.69, 9.17) is 0 Å². The maximum atomic E-state index is 12.3. The van der Waals surface area contributed by atoms with Crippen LogP contribution in [0.1, 0.15) is 0 Å². The Kier molecular flexibility index (Phi) is 2.90. The van der Waals surface area contributed by atoms with E-state index in [2.05, 4.69) is 10.1 Å². The Morgan fingerprint density at radius 3 is 2.40 bits per heavy atom. The summed E-state index contributed by atoms with van der Waals surface area (Å²) in [5, 5.41) is 4.06. The summed E-state index contributed by atoms with van der Waals surface area (Å²) in [4.78, 5) is 4.35. The van der Waals surface area contributed by atoms with Crippen LogP contribution in [0.4, 0.5) is 0 Å². The molecule has 0 unspecified atom stereocenters. The standard InChI is InChI=1S/C13H12N4O2S/c1-16-10-11(8-15-16)13-5-4-12(9-14-13)20(18,19)17-6-2-3-7-17/h2-10H,1H3. The molecule has 0 saturated carbocycles. The summed E-state index contributed by atoms with van der Waals surface area (Å²) < 4.78 is 27.3. The lowest BCUT2D eigenvalue weighted by Crippen LogP contribution is -2.10. The molecule has 0 saturated heterocycles. The SMILES string of the molecule is Cn1cc(-c2ccc(S(=O)(=O)n3cccc3)cn2)cn1. The maximum absolute atomic E-state index is 12.3. The molecule has 0 N–H and O–H groups in total. The predicted octanol–water partition coefficient (Wildman–Crippen LogP) is 1.52. The van der Waals surface area contributed by atoms with Crippen molar-refractivity contribution in [1.29, 1.82) is 0 Å². The zero-order chi connectivity index (χ0) is 14.2. The van der Waals surface area contributed by atoms with Gasteiger partial charge in [-0.3, -0.25) is 9.67 Å². The Labute approximate surface area is 116 Å². The second-order valence-electron chi connectivity index (χ2n) is 4.30. The Balaban J connectivity index is 1.98. The van der Waals surface area contributed by atoms with Crippen molar-refractivity contribution in [1.82, 2.24) is 18.7 Å². The Morgan fingerprint density at radius 2 is 1.85 bits per heavy atom. The van der Waals surface area contributed by atoms with Gasteiger partial charge in [-0.25, -0.2) is 12.4 Å². The fourth-order valence-corrected chi connectivity index (χ4v) is 2.99. The Morgan fingerprint density at radius 1 is 1.10 bits per heavy atom. The molecule has 0 radical (unpaired) electrons. The predicted molar refractivity (Wildman–Crippen MR) is 73.5 cm³/mol. The third-order valence-corrected chi connectivity index (χ3v) is 4.53. The number of aryl methyl sites for hydroxylation is 1. The van der Waals surface area contributed by atoms with Gasteiger partial charge in [0.25, 0.3) is 10.0 Å². The Hall–Kier alpha value is -2.41. The first-order chi connectivity index (χ1) is 9.57. The van der Waals surface area contributed by atoms with E-state index in [1.54, 1.807) is 35.1 Å². The van der Waals surface area contributed by atoms with Gasteiger partial charge in [0, 0.05) is 37.4 Å². The molecule has 0 fully saturated rings. The van der Waals surface area contributed by atoms with Gasteiger partial charge in [0.15, 0.2) is 0 Å². The summed E-state index contributed by atoms with van der Waals surface area (Å²) in [6, 6.07) is 6.54. The molecule has 0 aromatic carbocycles. The molecule has 7 heteroatoms. The fraction of sp³-hybridized carbons (Fsp3) is 0.0769. The van der Waals surface area contributed by atoms with Crippen LogP contribution in [-0.4, -0.2) is 27.2 Å². The van der Waals surface area contributed by atoms with Gasteiger partial charge in [-0.1, -0.05) is 0 Å². The smallest absolute Gasteiger partial charge is 0.269 e. The van der Waals surface area contributed by atoms with Gasteiger partial charge in [0.2, 0.25) is 0 Å². The van der Waals surface area contributed by atoms with Gasteiger partial charge in [0.05, 0.1) is 11.9 Å². The molecule has 3 heterocycles. The van der Waals surface area contributed by atoms with E-state index < -0.39 is 10.0 Å². The summed E-state index contributed by atoms with van der Waals surface area (Å²) in [6.45, 7) is 0. The quantitative estimate of drug-likeness (QED) is 0.732. The van der Waals surface area contributed by atoms with Crippen LogP contribution in [0, 0.1) is 0 Å². The number of rotatable bonds is 3. The Bertz CT molecular complexity index is 818. The molecule has 0 aliphatic rings. The summed E-state index contributed by atoms with van der Waals surface area (Å²) in [7, 11) is -1.74. The number of nitrogens with zero attached hydrogens (tertiary/aromatic N) is 4. The molecule has 3 aromatic heterocycles. The number of pyridine rings is 1. The van der Waals surface area contributed by atoms with Crippen LogP contribution in [0.2, 0.25) is 0 Å². The first kappa shape index (κ1) is 12.6. The third-order valence-electron chi connectivity index (χ3n) is 2.89. The van der Waals surface area contributed by atoms with Crippen molar-refractivity contribution in [2.45, 2.75) is 4.90 Å². The van der Waals surface area contributed by atoms with E-state index in [0.29, 0.717) is 5.69 Å². The maximum Gasteiger partial charge on any atom is 0.269 e. The molecular weight excluding hydrogens is 276 g/mol. The first-order valence-corrected chi connectivity index (χ1v) is 7.35. The lowest BCUT2D eigenvalue weighted by molar-refractivity contribution is 0.587. The summed E-state index contributed by atoms with van der Waals surface area (Å²) >= 11 is 0. The van der Waals surface area contributed by atoms with Gasteiger partial charge in [-0.15, -0.1) is 0 Å². The molecule has 0 amide bonds. The largest absolute Gasteiger partial charge is 0.275 e. The molecule has 3 rings (SSSR count). The first-order valence-electron chi connectivity index (χ1n) is 5.91. The van der Waals surface area contributed by atoms with Gasteiger partial charge >= 0.3 is 0 Å². The third kappa shape index (κ3) is 2.12. The second kappa shape index (κ2) is 4.61. The van der Waals surface area contributed by atoms with Gasteiger partial charge in [0.1, 0.15) is 4.90 Å². The van der Waals surface area contributed by atoms with Gasteiger partial charge < -0.3 is 0 Å². The van der Waals surface area contributed by atoms with Crippen LogP contribution in [0.5, 0.6) is 0 Å². The molecule has 0 aliphatic heterocycles. The van der Waals surface area contributed by atoms with Crippen molar-refractivity contribution in [3.8, 4) is 11.3 Å². The van der Waals surface area contributed by atoms with Crippen LogP contribution < -0.4 is 0 Å². The van der Waals surface area contributed by atoms with Crippen LogP contribution in [0.3, 0.4) is 0 Å². The van der Waals surface area contributed by atoms with E-state index in [-0.39, 0.29) is 4.90 Å². The van der Waals surface area contributed by atoms with Crippen molar-refractivity contribution in [2.75, 3.05) is 0 Å². The van der Waals surface area contributed by atoms with Gasteiger partial charge in [-0.2, -0.15) is 5.10 Å². The number of aromatic nitrogens is 4. The molecule has 3 aromatic rings. The lowest BCUT2D eigenvalue weighted by atomic mass is 10.2. The lowest BCUT2D eigenvalue weighted by Gasteiger charge is -2.05. The van der Waals surface area contributed by atoms with Crippen molar-refractivity contribution in [3.63, 3.8) is 0 Å². The minimum absolute atomic E-state index is 0.154. The highest BCUT2D eigenvalue weighted by atomic mass is 32.2. The van der Waals surface area contributed by atoms with Crippen molar-refractivity contribution < 1.29 is 8.42 Å².